The number of hydrogen-bond acceptors (Lipinski definition) is 7. The van der Waals surface area contributed by atoms with Crippen molar-refractivity contribution in [3.63, 3.8) is 0 Å². The van der Waals surface area contributed by atoms with Crippen molar-refractivity contribution in [3.05, 3.63) is 47.5 Å². The minimum atomic E-state index is -1.54. The molecule has 2 heterocycles. The summed E-state index contributed by atoms with van der Waals surface area (Å²) in [4.78, 5) is 52.7. The Morgan fingerprint density at radius 3 is 2.46 bits per heavy atom. The van der Waals surface area contributed by atoms with Crippen LogP contribution in [0.1, 0.15) is 61.0 Å². The maximum atomic E-state index is 13.5. The molecule has 9 heteroatoms. The van der Waals surface area contributed by atoms with E-state index in [1.807, 2.05) is 12.3 Å². The van der Waals surface area contributed by atoms with Crippen LogP contribution in [-0.4, -0.2) is 65.0 Å². The maximum absolute atomic E-state index is 13.5. The van der Waals surface area contributed by atoms with E-state index in [9.17, 15) is 24.3 Å². The van der Waals surface area contributed by atoms with Crippen LogP contribution >= 0.6 is 11.8 Å². The normalized spacial score (nSPS) is 25.9. The molecule has 8 nitrogen and oxygen atoms in total. The number of nitrogens with one attached hydrogen (secondary N) is 1. The molecular formula is C26H34N2O6S. The summed E-state index contributed by atoms with van der Waals surface area (Å²) < 4.78 is 4.75. The van der Waals surface area contributed by atoms with Crippen molar-refractivity contribution in [2.24, 2.45) is 11.8 Å². The summed E-state index contributed by atoms with van der Waals surface area (Å²) in [6.07, 6.45) is 9.80. The molecule has 0 spiro atoms. The lowest BCUT2D eigenvalue weighted by molar-refractivity contribution is -0.151. The highest BCUT2D eigenvalue weighted by molar-refractivity contribution is 7.98. The predicted molar refractivity (Wildman–Crippen MR) is 134 cm³/mol. The van der Waals surface area contributed by atoms with E-state index in [-0.39, 0.29) is 18.9 Å². The Balaban J connectivity index is 1.93. The Bertz CT molecular complexity index is 979. The smallest absolute Gasteiger partial charge is 0.337 e. The second kappa shape index (κ2) is 11.9. The van der Waals surface area contributed by atoms with Crippen LogP contribution < -0.4 is 5.32 Å². The van der Waals surface area contributed by atoms with Crippen molar-refractivity contribution in [1.82, 2.24) is 10.2 Å². The molecule has 0 bridgehead atoms. The molecule has 2 aliphatic rings. The molecule has 0 saturated carbocycles. The number of benzene rings is 1. The number of thioether (sulfide) groups is 1. The first-order chi connectivity index (χ1) is 16.8. The largest absolute Gasteiger partial charge is 0.480 e. The Hall–Kier alpha value is -2.65. The van der Waals surface area contributed by atoms with E-state index in [2.05, 4.69) is 18.3 Å². The van der Waals surface area contributed by atoms with E-state index in [0.29, 0.717) is 23.3 Å². The minimum absolute atomic E-state index is 0.213. The Kier molecular flexibility index (Phi) is 9.13. The molecule has 0 aliphatic carbocycles. The number of aliphatic carboxylic acids is 1. The molecule has 2 aliphatic heterocycles. The molecular weight excluding hydrogens is 468 g/mol. The van der Waals surface area contributed by atoms with Crippen LogP contribution in [0.2, 0.25) is 0 Å². The lowest BCUT2D eigenvalue weighted by atomic mass is 9.78. The molecule has 190 valence electrons. The van der Waals surface area contributed by atoms with Gasteiger partial charge in [-0.2, -0.15) is 11.8 Å². The fourth-order valence-electron chi connectivity index (χ4n) is 5.07. The fraction of sp³-hybridized carbons (Fsp3) is 0.538. The molecule has 1 aromatic rings. The molecule has 4 unspecified atom stereocenters. The molecule has 2 fully saturated rings. The number of nitrogens with zero attached hydrogens (tertiary/aromatic N) is 1. The summed E-state index contributed by atoms with van der Waals surface area (Å²) in [6, 6.07) is 5.88. The van der Waals surface area contributed by atoms with Gasteiger partial charge in [0.15, 0.2) is 0 Å². The monoisotopic (exact) mass is 502 g/mol. The summed E-state index contributed by atoms with van der Waals surface area (Å²) in [7, 11) is 1.29. The van der Waals surface area contributed by atoms with Crippen molar-refractivity contribution in [2.75, 3.05) is 25.7 Å². The molecule has 35 heavy (non-hydrogen) atoms. The van der Waals surface area contributed by atoms with Gasteiger partial charge in [0.2, 0.25) is 11.8 Å². The highest BCUT2D eigenvalue weighted by Gasteiger charge is 2.67. The van der Waals surface area contributed by atoms with Crippen molar-refractivity contribution in [1.29, 1.82) is 0 Å². The number of ether oxygens (including phenoxy) is 1. The lowest BCUT2D eigenvalue weighted by Crippen LogP contribution is -2.56. The summed E-state index contributed by atoms with van der Waals surface area (Å²) in [6.45, 7) is 2.35. The highest BCUT2D eigenvalue weighted by atomic mass is 32.2. The quantitative estimate of drug-likeness (QED) is 0.193. The van der Waals surface area contributed by atoms with Crippen LogP contribution in [0.4, 0.5) is 0 Å². The molecule has 2 amide bonds. The number of likely N-dealkylation sites (tertiary alicyclic amines) is 1. The average Bonchev–Trinajstić information content (AvgIpc) is 3.34. The SMILES string of the molecule is CCCCC=CCCN1C(=O)C2C(c3ccc(C(=O)OC)cc3)NC(CCSC)(C(=O)O)C2C1=O. The number of fused-ring (bicyclic) bond motifs is 1. The Labute approximate surface area is 210 Å². The Morgan fingerprint density at radius 2 is 1.86 bits per heavy atom. The van der Waals surface area contributed by atoms with Gasteiger partial charge < -0.3 is 9.84 Å². The Morgan fingerprint density at radius 1 is 1.17 bits per heavy atom. The topological polar surface area (TPSA) is 113 Å². The first-order valence-electron chi connectivity index (χ1n) is 12.0. The van der Waals surface area contributed by atoms with E-state index in [4.69, 9.17) is 4.74 Å². The van der Waals surface area contributed by atoms with E-state index in [1.165, 1.54) is 23.8 Å². The molecule has 0 aromatic heterocycles. The van der Waals surface area contributed by atoms with Crippen molar-refractivity contribution < 1.29 is 29.0 Å². The number of rotatable bonds is 12. The predicted octanol–water partition coefficient (Wildman–Crippen LogP) is 3.43. The third-order valence-corrected chi connectivity index (χ3v) is 7.54. The van der Waals surface area contributed by atoms with Crippen LogP contribution in [0.25, 0.3) is 0 Å². The van der Waals surface area contributed by atoms with Crippen molar-refractivity contribution >= 4 is 35.5 Å². The number of methoxy groups -OCH3 is 1. The third-order valence-electron chi connectivity index (χ3n) is 6.93. The van der Waals surface area contributed by atoms with Crippen molar-refractivity contribution in [3.8, 4) is 0 Å². The zero-order chi connectivity index (χ0) is 25.6. The van der Waals surface area contributed by atoms with Gasteiger partial charge in [-0.25, -0.2) is 4.79 Å². The number of esters is 1. The molecule has 2 N–H and O–H groups in total. The van der Waals surface area contributed by atoms with Gasteiger partial charge in [-0.05, 0) is 49.0 Å². The van der Waals surface area contributed by atoms with Crippen LogP contribution in [0, 0.1) is 11.8 Å². The number of hydrogen-bond donors (Lipinski definition) is 2. The summed E-state index contributed by atoms with van der Waals surface area (Å²) in [5.74, 6) is -3.67. The van der Waals surface area contributed by atoms with E-state index in [0.717, 1.165) is 19.3 Å². The number of carbonyl (C=O) groups excluding carboxylic acids is 3. The van der Waals surface area contributed by atoms with E-state index >= 15 is 0 Å². The summed E-state index contributed by atoms with van der Waals surface area (Å²) in [5.41, 5.74) is -0.539. The number of allylic oxidation sites excluding steroid dienone is 1. The van der Waals surface area contributed by atoms with Gasteiger partial charge in [-0.15, -0.1) is 0 Å². The zero-order valence-corrected chi connectivity index (χ0v) is 21.3. The minimum Gasteiger partial charge on any atom is -0.480 e. The first-order valence-corrected chi connectivity index (χ1v) is 13.4. The van der Waals surface area contributed by atoms with Crippen LogP contribution in [0.15, 0.2) is 36.4 Å². The standard InChI is InChI=1S/C26H34N2O6S/c1-4-5-6-7-8-9-15-28-22(29)19-20(23(28)30)26(25(32)33,14-16-35-3)27-21(19)17-10-12-18(13-11-17)24(31)34-2/h7-8,10-13,19-21,27H,4-6,9,14-16H2,1-3H3,(H,32,33). The zero-order valence-electron chi connectivity index (χ0n) is 20.5. The summed E-state index contributed by atoms with van der Waals surface area (Å²) in [5, 5.41) is 13.5. The second-order valence-corrected chi connectivity index (χ2v) is 9.97. The van der Waals surface area contributed by atoms with Crippen LogP contribution in [-0.2, 0) is 19.1 Å². The number of carboxylic acids is 1. The number of carbonyl (C=O) groups is 4. The van der Waals surface area contributed by atoms with Crippen LogP contribution in [0.3, 0.4) is 0 Å². The van der Waals surface area contributed by atoms with Gasteiger partial charge in [-0.1, -0.05) is 44.1 Å². The molecule has 4 atom stereocenters. The maximum Gasteiger partial charge on any atom is 0.337 e. The molecule has 2 saturated heterocycles. The molecule has 1 aromatic carbocycles. The third kappa shape index (κ3) is 5.30. The molecule has 3 rings (SSSR count). The van der Waals surface area contributed by atoms with Gasteiger partial charge in [0.25, 0.3) is 0 Å². The summed E-state index contributed by atoms with van der Waals surface area (Å²) >= 11 is 1.50. The first kappa shape index (κ1) is 26.9. The van der Waals surface area contributed by atoms with Gasteiger partial charge in [0.05, 0.1) is 24.5 Å². The van der Waals surface area contributed by atoms with Gasteiger partial charge in [-0.3, -0.25) is 24.6 Å². The van der Waals surface area contributed by atoms with E-state index < -0.39 is 41.3 Å². The highest BCUT2D eigenvalue weighted by Crippen LogP contribution is 2.50. The van der Waals surface area contributed by atoms with Gasteiger partial charge >= 0.3 is 11.9 Å². The van der Waals surface area contributed by atoms with Gasteiger partial charge in [0, 0.05) is 12.6 Å². The number of unbranched alkanes of at least 4 members (excludes halogenated alkanes) is 2. The van der Waals surface area contributed by atoms with Crippen molar-refractivity contribution in [2.45, 2.75) is 50.6 Å². The average molecular weight is 503 g/mol. The van der Waals surface area contributed by atoms with Gasteiger partial charge in [0.1, 0.15) is 5.54 Å². The lowest BCUT2D eigenvalue weighted by Gasteiger charge is -2.31. The second-order valence-electron chi connectivity index (χ2n) is 8.99. The number of imide groups is 1. The number of amides is 2. The fourth-order valence-corrected chi connectivity index (χ4v) is 5.60. The van der Waals surface area contributed by atoms with E-state index in [1.54, 1.807) is 24.3 Å². The number of carboxylic acid groups (broad SMARTS) is 1. The molecule has 0 radical (unpaired) electrons. The van der Waals surface area contributed by atoms with Crippen LogP contribution in [0.5, 0.6) is 0 Å².